The van der Waals surface area contributed by atoms with Crippen molar-refractivity contribution in [2.75, 3.05) is 44.9 Å². The van der Waals surface area contributed by atoms with Crippen molar-refractivity contribution in [1.29, 1.82) is 0 Å². The predicted molar refractivity (Wildman–Crippen MR) is 160 cm³/mol. The fourth-order valence-corrected chi connectivity index (χ4v) is 5.09. The van der Waals surface area contributed by atoms with Gasteiger partial charge in [0.1, 0.15) is 18.0 Å². The van der Waals surface area contributed by atoms with Crippen LogP contribution in [0, 0.1) is 5.82 Å². The van der Waals surface area contributed by atoms with E-state index < -0.39 is 12.0 Å². The van der Waals surface area contributed by atoms with E-state index in [0.29, 0.717) is 44.0 Å². The molecule has 0 spiro atoms. The van der Waals surface area contributed by atoms with Gasteiger partial charge in [-0.05, 0) is 72.4 Å². The molecule has 0 saturated carbocycles. The number of morpholine rings is 1. The van der Waals surface area contributed by atoms with Crippen molar-refractivity contribution >= 4 is 35.3 Å². The number of carbonyl (C=O) groups is 2. The van der Waals surface area contributed by atoms with Crippen LogP contribution in [0.5, 0.6) is 0 Å². The third-order valence-corrected chi connectivity index (χ3v) is 7.40. The Bertz CT molecular complexity index is 1290. The van der Waals surface area contributed by atoms with E-state index >= 15 is 0 Å². The second-order valence-corrected chi connectivity index (χ2v) is 11.0. The molecule has 4 rings (SSSR count). The highest BCUT2D eigenvalue weighted by atomic mass is 32.2. The normalized spacial score (nSPS) is 15.7. The van der Waals surface area contributed by atoms with Crippen LogP contribution < -0.4 is 5.32 Å². The number of allylic oxidation sites excluding steroid dienone is 1. The molecule has 1 saturated heterocycles. The summed E-state index contributed by atoms with van der Waals surface area (Å²) in [5.41, 5.74) is 3.03. The first-order valence-corrected chi connectivity index (χ1v) is 15.1. The van der Waals surface area contributed by atoms with Gasteiger partial charge in [0.25, 0.3) is 5.91 Å². The van der Waals surface area contributed by atoms with Crippen LogP contribution in [-0.4, -0.2) is 83.3 Å². The largest absolute Gasteiger partial charge is 0.460 e. The number of amides is 1. The van der Waals surface area contributed by atoms with Crippen LogP contribution >= 0.6 is 11.8 Å². The van der Waals surface area contributed by atoms with Crippen LogP contribution in [0.3, 0.4) is 0 Å². The predicted octanol–water partition coefficient (Wildman–Crippen LogP) is 4.38. The minimum Gasteiger partial charge on any atom is -0.460 e. The third kappa shape index (κ3) is 9.55. The van der Waals surface area contributed by atoms with Crippen LogP contribution in [0.15, 0.2) is 67.3 Å². The van der Waals surface area contributed by atoms with Crippen molar-refractivity contribution in [2.45, 2.75) is 32.0 Å². The van der Waals surface area contributed by atoms with E-state index in [2.05, 4.69) is 15.2 Å². The fourth-order valence-electron chi connectivity index (χ4n) is 4.62. The first-order chi connectivity index (χ1) is 19.9. The molecule has 2 aromatic carbocycles. The Kier molecular flexibility index (Phi) is 11.5. The van der Waals surface area contributed by atoms with Crippen LogP contribution in [0.1, 0.15) is 34.8 Å². The summed E-state index contributed by atoms with van der Waals surface area (Å²) in [7, 11) is 0. The number of hydrogen-bond acceptors (Lipinski definition) is 7. The van der Waals surface area contributed by atoms with E-state index in [0.717, 1.165) is 29.8 Å². The maximum Gasteiger partial charge on any atom is 0.328 e. The molecule has 2 atom stereocenters. The first kappa shape index (κ1) is 30.5. The molecule has 3 aromatic rings. The average molecular weight is 581 g/mol. The first-order valence-electron chi connectivity index (χ1n) is 13.7. The minimum atomic E-state index is -0.752. The molecule has 8 nitrogen and oxygen atoms in total. The van der Waals surface area contributed by atoms with Crippen LogP contribution in [-0.2, 0) is 20.8 Å². The summed E-state index contributed by atoms with van der Waals surface area (Å²) in [6.45, 7) is 6.00. The second kappa shape index (κ2) is 15.5. The molecule has 0 aliphatic carbocycles. The lowest BCUT2D eigenvalue weighted by Crippen LogP contribution is -2.45. The molecular weight excluding hydrogens is 543 g/mol. The molecule has 1 N–H and O–H groups in total. The highest BCUT2D eigenvalue weighted by molar-refractivity contribution is 7.98. The maximum atomic E-state index is 13.6. The highest BCUT2D eigenvalue weighted by Gasteiger charge is 2.25. The Morgan fingerprint density at radius 2 is 1.95 bits per heavy atom. The fraction of sp³-hybridized carbons (Fsp3) is 0.387. The molecule has 2 heterocycles. The number of nitrogens with one attached hydrogen (secondary N) is 1. The Morgan fingerprint density at radius 1 is 1.17 bits per heavy atom. The highest BCUT2D eigenvalue weighted by Crippen LogP contribution is 2.22. The minimum absolute atomic E-state index is 0.303. The zero-order valence-electron chi connectivity index (χ0n) is 23.5. The van der Waals surface area contributed by atoms with Crippen LogP contribution in [0.25, 0.3) is 11.6 Å². The summed E-state index contributed by atoms with van der Waals surface area (Å²) in [6.07, 6.45) is 9.38. The smallest absolute Gasteiger partial charge is 0.328 e. The standard InChI is InChI=1S/C31H37FN4O4S/c1-23(20-35-13-15-39-16-14-35)40-31(38)29(10-17-41-2)34-30(37)26-5-3-4-24(18-26)19-27(21-36-12-11-33-22-36)25-6-8-28(32)9-7-25/h3-9,11-12,18-19,22-23,29H,10,13-17,20-21H2,1-2H3,(H,34,37)/b27-19-/t23?,29-/m0/s1. The number of aromatic nitrogens is 2. The number of ether oxygens (including phenoxy) is 2. The van der Waals surface area contributed by atoms with Gasteiger partial charge in [-0.3, -0.25) is 9.69 Å². The number of benzene rings is 2. The number of nitrogens with zero attached hydrogens (tertiary/aromatic N) is 3. The van der Waals surface area contributed by atoms with Gasteiger partial charge in [0.05, 0.1) is 19.5 Å². The third-order valence-electron chi connectivity index (χ3n) is 6.75. The van der Waals surface area contributed by atoms with E-state index in [-0.39, 0.29) is 17.8 Å². The summed E-state index contributed by atoms with van der Waals surface area (Å²) in [6, 6.07) is 12.8. The van der Waals surface area contributed by atoms with Gasteiger partial charge in [-0.2, -0.15) is 11.8 Å². The van der Waals surface area contributed by atoms with E-state index in [4.69, 9.17) is 9.47 Å². The molecule has 1 fully saturated rings. The molecule has 218 valence electrons. The quantitative estimate of drug-likeness (QED) is 0.237. The van der Waals surface area contributed by atoms with Gasteiger partial charge in [-0.15, -0.1) is 0 Å². The molecule has 0 radical (unpaired) electrons. The van der Waals surface area contributed by atoms with E-state index in [1.165, 1.54) is 12.1 Å². The van der Waals surface area contributed by atoms with Gasteiger partial charge in [0.2, 0.25) is 0 Å². The zero-order chi connectivity index (χ0) is 29.0. The van der Waals surface area contributed by atoms with Gasteiger partial charge in [0.15, 0.2) is 0 Å². The van der Waals surface area contributed by atoms with Gasteiger partial charge in [0, 0.05) is 44.1 Å². The number of imidazole rings is 1. The summed E-state index contributed by atoms with van der Waals surface area (Å²) >= 11 is 1.61. The summed E-state index contributed by atoms with van der Waals surface area (Å²) < 4.78 is 26.6. The molecule has 41 heavy (non-hydrogen) atoms. The van der Waals surface area contributed by atoms with Crippen LogP contribution in [0.4, 0.5) is 4.39 Å². The summed E-state index contributed by atoms with van der Waals surface area (Å²) in [4.78, 5) is 32.7. The maximum absolute atomic E-state index is 13.6. The van der Waals surface area contributed by atoms with Gasteiger partial charge in [-0.25, -0.2) is 14.2 Å². The Labute approximate surface area is 244 Å². The zero-order valence-corrected chi connectivity index (χ0v) is 24.3. The Hall–Kier alpha value is -3.47. The van der Waals surface area contributed by atoms with Gasteiger partial charge < -0.3 is 19.4 Å². The van der Waals surface area contributed by atoms with E-state index in [9.17, 15) is 14.0 Å². The lowest BCUT2D eigenvalue weighted by Gasteiger charge is -2.29. The monoisotopic (exact) mass is 580 g/mol. The molecule has 1 aromatic heterocycles. The lowest BCUT2D eigenvalue weighted by molar-refractivity contribution is -0.151. The number of hydrogen-bond donors (Lipinski definition) is 1. The van der Waals surface area contributed by atoms with Crippen molar-refractivity contribution in [3.05, 3.63) is 89.8 Å². The van der Waals surface area contributed by atoms with Crippen molar-refractivity contribution < 1.29 is 23.5 Å². The SMILES string of the molecule is CSCC[C@H](NC(=O)c1cccc(/C=C(/Cn2ccnc2)c2ccc(F)cc2)c1)C(=O)OC(C)CN1CCOCC1. The number of halogens is 1. The molecule has 1 amide bonds. The summed E-state index contributed by atoms with van der Waals surface area (Å²) in [5, 5.41) is 2.90. The second-order valence-electron chi connectivity index (χ2n) is 10.0. The molecule has 10 heteroatoms. The van der Waals surface area contributed by atoms with E-state index in [1.54, 1.807) is 54.6 Å². The Morgan fingerprint density at radius 3 is 2.66 bits per heavy atom. The van der Waals surface area contributed by atoms with Crippen molar-refractivity contribution in [3.8, 4) is 0 Å². The molecule has 1 aliphatic rings. The Balaban J connectivity index is 1.47. The number of esters is 1. The lowest BCUT2D eigenvalue weighted by atomic mass is 10.0. The average Bonchev–Trinajstić information content (AvgIpc) is 3.49. The van der Waals surface area contributed by atoms with Crippen LogP contribution in [0.2, 0.25) is 0 Å². The number of rotatable bonds is 13. The topological polar surface area (TPSA) is 85.7 Å². The van der Waals surface area contributed by atoms with Gasteiger partial charge in [-0.1, -0.05) is 24.3 Å². The molecule has 1 aliphatic heterocycles. The van der Waals surface area contributed by atoms with Gasteiger partial charge >= 0.3 is 5.97 Å². The number of thioether (sulfide) groups is 1. The van der Waals surface area contributed by atoms with Crippen molar-refractivity contribution in [3.63, 3.8) is 0 Å². The van der Waals surface area contributed by atoms with Crippen molar-refractivity contribution in [2.24, 2.45) is 0 Å². The van der Waals surface area contributed by atoms with E-state index in [1.807, 2.05) is 36.1 Å². The van der Waals surface area contributed by atoms with Crippen molar-refractivity contribution in [1.82, 2.24) is 19.8 Å². The summed E-state index contributed by atoms with van der Waals surface area (Å²) in [5.74, 6) is -0.375. The molecular formula is C31H37FN4O4S. The molecule has 0 bridgehead atoms. The number of carbonyl (C=O) groups excluding carboxylic acids is 2. The molecule has 1 unspecified atom stereocenters.